The number of H-pyrrole nitrogens is 1. The number of nitrogens with zero attached hydrogens (tertiary/aromatic N) is 5. The predicted molar refractivity (Wildman–Crippen MR) is 166 cm³/mol. The van der Waals surface area contributed by atoms with Gasteiger partial charge >= 0.3 is 0 Å². The first-order valence-corrected chi connectivity index (χ1v) is 14.1. The van der Waals surface area contributed by atoms with Gasteiger partial charge in [-0.2, -0.15) is 10.2 Å². The highest BCUT2D eigenvalue weighted by atomic mass is 16.2. The Hall–Kier alpha value is -4.11. The van der Waals surface area contributed by atoms with Crippen LogP contribution in [0.3, 0.4) is 0 Å². The predicted octanol–water partition coefficient (Wildman–Crippen LogP) is 6.69. The minimum Gasteiger partial charge on any atom is -0.307 e. The summed E-state index contributed by atoms with van der Waals surface area (Å²) in [5.74, 6) is 0.0641. The van der Waals surface area contributed by atoms with Crippen LogP contribution >= 0.6 is 0 Å². The van der Waals surface area contributed by atoms with E-state index in [9.17, 15) is 14.4 Å². The number of carbonyl (C=O) groups excluding carboxylic acids is 3. The first-order valence-electron chi connectivity index (χ1n) is 16.1. The third-order valence-electron chi connectivity index (χ3n) is 10.2. The fourth-order valence-electron chi connectivity index (χ4n) is 8.12. The summed E-state index contributed by atoms with van der Waals surface area (Å²) >= 11 is 0. The van der Waals surface area contributed by atoms with Gasteiger partial charge in [-0.1, -0.05) is 68.5 Å². The average Bonchev–Trinajstić information content (AvgIpc) is 3.69. The zero-order valence-corrected chi connectivity index (χ0v) is 26.8. The molecule has 4 atom stereocenters. The van der Waals surface area contributed by atoms with Crippen LogP contribution in [-0.2, 0) is 33.3 Å². The van der Waals surface area contributed by atoms with Crippen molar-refractivity contribution < 1.29 is 17.1 Å². The highest BCUT2D eigenvalue weighted by molar-refractivity contribution is 6.03. The van der Waals surface area contributed by atoms with Crippen LogP contribution in [0.25, 0.3) is 9.69 Å². The molecule has 0 spiro atoms. The molecule has 0 fully saturated rings. The van der Waals surface area contributed by atoms with E-state index < -0.39 is 16.2 Å². The lowest BCUT2D eigenvalue weighted by atomic mass is 9.53. The minimum absolute atomic E-state index is 0.0204. The van der Waals surface area contributed by atoms with E-state index in [2.05, 4.69) is 31.9 Å². The van der Waals surface area contributed by atoms with Crippen molar-refractivity contribution in [3.63, 3.8) is 0 Å². The molecule has 4 aliphatic carbocycles. The van der Waals surface area contributed by atoms with Crippen LogP contribution in [-0.4, -0.2) is 37.5 Å². The van der Waals surface area contributed by atoms with Gasteiger partial charge in [-0.05, 0) is 48.6 Å². The summed E-state index contributed by atoms with van der Waals surface area (Å²) in [5.41, 5.74) is 2.76. The zero-order chi connectivity index (χ0) is 34.1. The van der Waals surface area contributed by atoms with Crippen molar-refractivity contribution in [3.8, 4) is 0 Å². The maximum atomic E-state index is 12.5. The van der Waals surface area contributed by atoms with Gasteiger partial charge in [0.2, 0.25) is 17.3 Å². The van der Waals surface area contributed by atoms with Crippen LogP contribution in [0.2, 0.25) is 0 Å². The summed E-state index contributed by atoms with van der Waals surface area (Å²) in [6.45, 7) is 28.0. The van der Waals surface area contributed by atoms with E-state index >= 15 is 0 Å². The van der Waals surface area contributed by atoms with Crippen LogP contribution < -0.4 is 0 Å². The van der Waals surface area contributed by atoms with Crippen molar-refractivity contribution in [3.05, 3.63) is 81.3 Å². The van der Waals surface area contributed by atoms with Gasteiger partial charge in [0.05, 0.1) is 25.0 Å². The number of allylic oxidation sites excluding steroid dienone is 4. The molecule has 0 amide bonds. The lowest BCUT2D eigenvalue weighted by Gasteiger charge is -2.49. The number of carbonyl (C=O) groups is 3. The van der Waals surface area contributed by atoms with Crippen molar-refractivity contribution in [2.24, 2.45) is 22.7 Å². The Morgan fingerprint density at radius 3 is 1.93 bits per heavy atom. The number of hydrogen-bond donors (Lipinski definition) is 1. The molecular formula is C34H44N6O3. The molecular weight excluding hydrogens is 540 g/mol. The Bertz CT molecular complexity index is 1650. The fraction of sp³-hybridized carbons (Fsp3) is 0.559. The molecule has 0 saturated carbocycles. The highest BCUT2D eigenvalue weighted by Crippen LogP contribution is 2.55. The Labute approximate surface area is 258 Å². The number of ketones is 2. The fourth-order valence-corrected chi connectivity index (χ4v) is 8.12. The van der Waals surface area contributed by atoms with E-state index in [0.29, 0.717) is 0 Å². The Morgan fingerprint density at radius 2 is 1.42 bits per heavy atom. The van der Waals surface area contributed by atoms with Crippen molar-refractivity contribution in [2.75, 3.05) is 0 Å². The maximum Gasteiger partial charge on any atom is 0.243 e. The van der Waals surface area contributed by atoms with Crippen molar-refractivity contribution >= 4 is 17.5 Å². The number of rotatable bonds is 0. The molecule has 0 saturated heterocycles. The van der Waals surface area contributed by atoms with Gasteiger partial charge in [-0.25, -0.2) is 14.4 Å². The Morgan fingerprint density at radius 1 is 0.930 bits per heavy atom. The molecule has 2 aromatic heterocycles. The summed E-state index contributed by atoms with van der Waals surface area (Å²) in [6.07, 6.45) is 10.9. The van der Waals surface area contributed by atoms with Crippen LogP contribution in [0, 0.1) is 35.8 Å². The summed E-state index contributed by atoms with van der Waals surface area (Å²) < 4.78 is 12.9. The van der Waals surface area contributed by atoms with E-state index in [1.165, 1.54) is 32.0 Å². The van der Waals surface area contributed by atoms with E-state index in [0.717, 1.165) is 42.6 Å². The Balaban J connectivity index is 0.000000223. The molecule has 0 bridgehead atoms. The van der Waals surface area contributed by atoms with E-state index in [1.807, 2.05) is 46.9 Å². The molecule has 6 rings (SSSR count). The van der Waals surface area contributed by atoms with Crippen molar-refractivity contribution in [2.45, 2.75) is 99.8 Å². The quantitative estimate of drug-likeness (QED) is 0.345. The molecule has 43 heavy (non-hydrogen) atoms. The van der Waals surface area contributed by atoms with Crippen molar-refractivity contribution in [1.29, 1.82) is 0 Å². The number of hydrogen-bond acceptors (Lipinski definition) is 5. The molecule has 9 heteroatoms. The third kappa shape index (κ3) is 4.70. The van der Waals surface area contributed by atoms with E-state index in [4.69, 9.17) is 15.9 Å². The minimum atomic E-state index is -0.596. The highest BCUT2D eigenvalue weighted by Gasteiger charge is 2.56. The summed E-state index contributed by atoms with van der Waals surface area (Å²) in [4.78, 5) is 43.4. The van der Waals surface area contributed by atoms with Gasteiger partial charge in [0.1, 0.15) is 0 Å². The van der Waals surface area contributed by atoms with E-state index in [1.54, 1.807) is 12.3 Å². The SMILES string of the molecule is [3H]C.[3H]C.[C-]#[N+]C1=C[C@]2(C)c3[nH]ncc3CC[C@H]2C(C)(C)C1=O.[C-]#[N+]C1=C[C@]2(C)c3nn(C(C)=O)cc3CC[C@H]2C(C)(C)C1=O. The zero-order valence-electron chi connectivity index (χ0n) is 28.8. The number of fused-ring (bicyclic) bond motifs is 6. The van der Waals surface area contributed by atoms with Gasteiger partial charge in [-0.3, -0.25) is 9.89 Å². The molecule has 1 N–H and O–H groups in total. The topological polar surface area (TPSA) is 106 Å². The summed E-state index contributed by atoms with van der Waals surface area (Å²) in [5, 5.41) is 11.7. The molecule has 2 aromatic rings. The number of Topliss-reactive ketones (excluding diaryl/α,β-unsaturated/α-hetero) is 2. The average molecular weight is 589 g/mol. The van der Waals surface area contributed by atoms with Crippen LogP contribution in [0.4, 0.5) is 0 Å². The van der Waals surface area contributed by atoms with E-state index in [-0.39, 0.29) is 46.1 Å². The van der Waals surface area contributed by atoms with Crippen molar-refractivity contribution in [1.82, 2.24) is 20.0 Å². The van der Waals surface area contributed by atoms with Gasteiger partial charge < -0.3 is 9.59 Å². The number of nitrogens with one attached hydrogen (secondary N) is 1. The number of aryl methyl sites for hydroxylation is 2. The molecule has 228 valence electrons. The molecule has 0 aromatic carbocycles. The second-order valence-corrected chi connectivity index (χ2v) is 13.4. The number of aromatic nitrogens is 4. The van der Waals surface area contributed by atoms with Crippen LogP contribution in [0.1, 0.15) is 106 Å². The maximum absolute atomic E-state index is 12.5. The lowest BCUT2D eigenvalue weighted by Crippen LogP contribution is -2.50. The number of aromatic amines is 1. The van der Waals surface area contributed by atoms with Crippen LogP contribution in [0.15, 0.2) is 35.9 Å². The smallest absolute Gasteiger partial charge is 0.243 e. The normalized spacial score (nSPS) is 29.4. The van der Waals surface area contributed by atoms with Gasteiger partial charge in [0.25, 0.3) is 0 Å². The van der Waals surface area contributed by atoms with Gasteiger partial charge in [0, 0.05) is 43.2 Å². The molecule has 0 unspecified atom stereocenters. The summed E-state index contributed by atoms with van der Waals surface area (Å²) in [7, 11) is 2.50. The first-order chi connectivity index (χ1) is 21.1. The molecule has 0 radical (unpaired) electrons. The van der Waals surface area contributed by atoms with Gasteiger partial charge in [-0.15, -0.1) is 0 Å². The first kappa shape index (κ1) is 30.4. The Kier molecular flexibility index (Phi) is 7.67. The monoisotopic (exact) mass is 588 g/mol. The standard InChI is InChI=1S/C17H19N3O2.C15H17N3O.2CH4/c1-10(21)20-9-11-6-7-13-16(2,3)15(22)12(18-5)8-17(13,4)14(11)19-20;1-14(2)11-6-5-9-8-17-18-12(9)15(11,3)7-10(16-4)13(14)19;;/h8-9,13H,6-7H2,1-4H3;7-8,11H,5-6H2,1-3H3,(H,17,18);2*1H4/t13-,17-;11-,15-;;/m00../s1/i;;2*1T. The molecule has 9 nitrogen and oxygen atoms in total. The third-order valence-corrected chi connectivity index (χ3v) is 10.2. The molecule has 0 aliphatic heterocycles. The molecule has 2 heterocycles. The second kappa shape index (κ2) is 10.9. The van der Waals surface area contributed by atoms with Gasteiger partial charge in [0.15, 0.2) is 11.6 Å². The largest absolute Gasteiger partial charge is 0.307 e. The second-order valence-electron chi connectivity index (χ2n) is 13.4. The van der Waals surface area contributed by atoms with Crippen LogP contribution in [0.5, 0.6) is 0 Å². The lowest BCUT2D eigenvalue weighted by molar-refractivity contribution is -0.129. The summed E-state index contributed by atoms with van der Waals surface area (Å²) in [6, 6.07) is 0. The molecule has 4 aliphatic rings.